The molecule has 0 bridgehead atoms. The number of anilines is 3. The zero-order valence-corrected chi connectivity index (χ0v) is 9.52. The Bertz CT molecular complexity index is 374. The van der Waals surface area contributed by atoms with Crippen molar-refractivity contribution in [3.8, 4) is 0 Å². The van der Waals surface area contributed by atoms with Crippen molar-refractivity contribution in [1.29, 1.82) is 0 Å². The molecule has 0 spiro atoms. The molecule has 0 aromatic heterocycles. The van der Waals surface area contributed by atoms with Crippen molar-refractivity contribution in [1.82, 2.24) is 0 Å². The molecule has 0 fully saturated rings. The summed E-state index contributed by atoms with van der Waals surface area (Å²) in [6.45, 7) is 0.629. The van der Waals surface area contributed by atoms with Gasteiger partial charge in [-0.05, 0) is 18.9 Å². The van der Waals surface area contributed by atoms with Gasteiger partial charge in [-0.25, -0.2) is 4.39 Å². The first-order valence-corrected chi connectivity index (χ1v) is 5.33. The molecule has 0 aliphatic rings. The number of unbranched alkanes of at least 4 members (excludes halogenated alkanes) is 1. The molecule has 0 amide bonds. The number of hydrogen-bond acceptors (Lipinski definition) is 4. The predicted octanol–water partition coefficient (Wildman–Crippen LogP) is 1.83. The molecule has 6 heteroatoms. The highest BCUT2D eigenvalue weighted by atomic mass is 35.5. The van der Waals surface area contributed by atoms with Gasteiger partial charge in [0.15, 0.2) is 5.82 Å². The summed E-state index contributed by atoms with van der Waals surface area (Å²) < 4.78 is 13.6. The van der Waals surface area contributed by atoms with Gasteiger partial charge in [0.1, 0.15) is 5.02 Å². The van der Waals surface area contributed by atoms with Crippen molar-refractivity contribution < 1.29 is 9.50 Å². The predicted molar refractivity (Wildman–Crippen MR) is 65.0 cm³/mol. The summed E-state index contributed by atoms with van der Waals surface area (Å²) >= 11 is 5.66. The highest BCUT2D eigenvalue weighted by Gasteiger charge is 2.13. The third-order valence-electron chi connectivity index (χ3n) is 2.15. The van der Waals surface area contributed by atoms with Crippen molar-refractivity contribution in [2.45, 2.75) is 12.8 Å². The maximum Gasteiger partial charge on any atom is 0.169 e. The fraction of sp³-hybridized carbons (Fsp3) is 0.400. The highest BCUT2D eigenvalue weighted by molar-refractivity contribution is 6.33. The summed E-state index contributed by atoms with van der Waals surface area (Å²) in [6, 6.07) is 1.42. The molecule has 0 atom stereocenters. The van der Waals surface area contributed by atoms with Crippen LogP contribution in [0.5, 0.6) is 0 Å². The average molecular weight is 248 g/mol. The van der Waals surface area contributed by atoms with E-state index >= 15 is 0 Å². The second-order valence-corrected chi connectivity index (χ2v) is 3.79. The lowest BCUT2D eigenvalue weighted by Crippen LogP contribution is -2.08. The Morgan fingerprint density at radius 3 is 2.62 bits per heavy atom. The minimum absolute atomic E-state index is 0.113. The molecule has 0 saturated carbocycles. The lowest BCUT2D eigenvalue weighted by Gasteiger charge is -2.12. The number of nitrogen functional groups attached to an aromatic ring is 2. The number of nitrogens with two attached hydrogens (primary N) is 2. The number of nitrogens with one attached hydrogen (secondary N) is 1. The third-order valence-corrected chi connectivity index (χ3v) is 2.54. The molecule has 6 N–H and O–H groups in total. The van der Waals surface area contributed by atoms with Crippen LogP contribution >= 0.6 is 11.6 Å². The zero-order chi connectivity index (χ0) is 12.1. The van der Waals surface area contributed by atoms with E-state index < -0.39 is 5.82 Å². The lowest BCUT2D eigenvalue weighted by molar-refractivity contribution is 0.286. The maximum atomic E-state index is 13.6. The molecule has 0 saturated heterocycles. The molecule has 90 valence electrons. The number of rotatable bonds is 5. The van der Waals surface area contributed by atoms with Gasteiger partial charge in [-0.1, -0.05) is 11.6 Å². The van der Waals surface area contributed by atoms with Crippen LogP contribution in [0.3, 0.4) is 0 Å². The smallest absolute Gasteiger partial charge is 0.169 e. The minimum atomic E-state index is -0.636. The Labute approximate surface area is 98.4 Å². The molecule has 4 nitrogen and oxygen atoms in total. The van der Waals surface area contributed by atoms with Crippen LogP contribution in [0.15, 0.2) is 6.07 Å². The summed E-state index contributed by atoms with van der Waals surface area (Å²) in [6.07, 6.45) is 1.37. The van der Waals surface area contributed by atoms with E-state index in [1.54, 1.807) is 0 Å². The van der Waals surface area contributed by atoms with Crippen molar-refractivity contribution >= 4 is 28.7 Å². The molecule has 0 aliphatic heterocycles. The molecule has 0 heterocycles. The average Bonchev–Trinajstić information content (AvgIpc) is 2.25. The van der Waals surface area contributed by atoms with Gasteiger partial charge in [0.2, 0.25) is 0 Å². The van der Waals surface area contributed by atoms with Crippen LogP contribution in [0.2, 0.25) is 5.02 Å². The minimum Gasteiger partial charge on any atom is -0.397 e. The number of aliphatic hydroxyl groups is 1. The van der Waals surface area contributed by atoms with Crippen LogP contribution in [0.4, 0.5) is 21.5 Å². The van der Waals surface area contributed by atoms with Crippen molar-refractivity contribution in [3.63, 3.8) is 0 Å². The molecule has 1 aromatic carbocycles. The van der Waals surface area contributed by atoms with E-state index in [0.717, 1.165) is 6.42 Å². The molecule has 1 aromatic rings. The van der Waals surface area contributed by atoms with Gasteiger partial charge < -0.3 is 21.9 Å². The third kappa shape index (κ3) is 2.90. The molecular formula is C10H15ClFN3O. The molecule has 0 unspecified atom stereocenters. The van der Waals surface area contributed by atoms with Gasteiger partial charge in [0, 0.05) is 13.2 Å². The van der Waals surface area contributed by atoms with Gasteiger partial charge in [0.05, 0.1) is 17.1 Å². The summed E-state index contributed by atoms with van der Waals surface area (Å²) in [7, 11) is 0. The van der Waals surface area contributed by atoms with E-state index in [9.17, 15) is 4.39 Å². The Morgan fingerprint density at radius 1 is 1.31 bits per heavy atom. The summed E-state index contributed by atoms with van der Waals surface area (Å²) in [5.74, 6) is -0.636. The summed E-state index contributed by atoms with van der Waals surface area (Å²) in [4.78, 5) is 0. The van der Waals surface area contributed by atoms with Crippen LogP contribution in [-0.2, 0) is 0 Å². The van der Waals surface area contributed by atoms with Crippen molar-refractivity contribution in [2.24, 2.45) is 0 Å². The monoisotopic (exact) mass is 247 g/mol. The summed E-state index contributed by atoms with van der Waals surface area (Å²) in [5, 5.41) is 11.3. The van der Waals surface area contributed by atoms with Crippen LogP contribution < -0.4 is 16.8 Å². The first-order chi connectivity index (χ1) is 7.57. The number of benzene rings is 1. The van der Waals surface area contributed by atoms with Gasteiger partial charge >= 0.3 is 0 Å². The molecule has 0 radical (unpaired) electrons. The second-order valence-electron chi connectivity index (χ2n) is 3.42. The highest BCUT2D eigenvalue weighted by Crippen LogP contribution is 2.33. The van der Waals surface area contributed by atoms with Gasteiger partial charge in [-0.3, -0.25) is 0 Å². The quantitative estimate of drug-likeness (QED) is 0.472. The summed E-state index contributed by atoms with van der Waals surface area (Å²) in [5.41, 5.74) is 11.6. The topological polar surface area (TPSA) is 84.3 Å². The largest absolute Gasteiger partial charge is 0.397 e. The fourth-order valence-corrected chi connectivity index (χ4v) is 1.45. The first-order valence-electron chi connectivity index (χ1n) is 4.95. The van der Waals surface area contributed by atoms with E-state index in [0.29, 0.717) is 13.0 Å². The van der Waals surface area contributed by atoms with Crippen LogP contribution in [0, 0.1) is 5.82 Å². The van der Waals surface area contributed by atoms with Crippen LogP contribution in [-0.4, -0.2) is 18.3 Å². The molecule has 0 aliphatic carbocycles. The van der Waals surface area contributed by atoms with E-state index in [-0.39, 0.29) is 28.7 Å². The van der Waals surface area contributed by atoms with Crippen molar-refractivity contribution in [3.05, 3.63) is 16.9 Å². The van der Waals surface area contributed by atoms with Crippen LogP contribution in [0.25, 0.3) is 0 Å². The van der Waals surface area contributed by atoms with E-state index in [2.05, 4.69) is 5.32 Å². The lowest BCUT2D eigenvalue weighted by atomic mass is 10.2. The number of aliphatic hydroxyl groups excluding tert-OH is 1. The van der Waals surface area contributed by atoms with Gasteiger partial charge in [-0.2, -0.15) is 0 Å². The van der Waals surface area contributed by atoms with E-state index in [4.69, 9.17) is 28.2 Å². The molecular weight excluding hydrogens is 233 g/mol. The first kappa shape index (κ1) is 12.9. The number of hydrogen-bond donors (Lipinski definition) is 4. The Morgan fingerprint density at radius 2 is 2.00 bits per heavy atom. The van der Waals surface area contributed by atoms with Gasteiger partial charge in [-0.15, -0.1) is 0 Å². The number of halogens is 2. The van der Waals surface area contributed by atoms with Crippen LogP contribution in [0.1, 0.15) is 12.8 Å². The van der Waals surface area contributed by atoms with Crippen molar-refractivity contribution in [2.75, 3.05) is 29.9 Å². The zero-order valence-electron chi connectivity index (χ0n) is 8.76. The van der Waals surface area contributed by atoms with E-state index in [1.165, 1.54) is 6.07 Å². The molecule has 1 rings (SSSR count). The second kappa shape index (κ2) is 5.77. The van der Waals surface area contributed by atoms with E-state index in [1.807, 2.05) is 0 Å². The Balaban J connectivity index is 2.76. The Kier molecular flexibility index (Phi) is 4.64. The normalized spacial score (nSPS) is 10.4. The SMILES string of the molecule is Nc1cc(N)c(NCCCCO)c(F)c1Cl. The maximum absolute atomic E-state index is 13.6. The Hall–Kier alpha value is -1.20. The molecule has 16 heavy (non-hydrogen) atoms. The standard InChI is InChI=1S/C10H15ClFN3O/c11-8-6(13)5-7(14)10(9(8)12)15-3-1-2-4-16/h5,15-16H,1-4,13-14H2. The fourth-order valence-electron chi connectivity index (χ4n) is 1.30. The van der Waals surface area contributed by atoms with Gasteiger partial charge in [0.25, 0.3) is 0 Å².